The van der Waals surface area contributed by atoms with Gasteiger partial charge in [0.15, 0.2) is 5.78 Å². The first-order valence-corrected chi connectivity index (χ1v) is 10.2. The molecule has 1 amide bonds. The van der Waals surface area contributed by atoms with Crippen LogP contribution in [0.5, 0.6) is 0 Å². The number of amides is 1. The Morgan fingerprint density at radius 3 is 2.35 bits per heavy atom. The van der Waals surface area contributed by atoms with Gasteiger partial charge >= 0.3 is 0 Å². The lowest BCUT2D eigenvalue weighted by atomic mass is 9.67. The van der Waals surface area contributed by atoms with Crippen molar-refractivity contribution in [3.8, 4) is 0 Å². The van der Waals surface area contributed by atoms with Gasteiger partial charge in [-0.2, -0.15) is 0 Å². The van der Waals surface area contributed by atoms with Crippen molar-refractivity contribution in [2.75, 3.05) is 0 Å². The Hall–Kier alpha value is -1.68. The maximum Gasteiger partial charge on any atom is 0.220 e. The zero-order valence-electron chi connectivity index (χ0n) is 15.9. The second kappa shape index (κ2) is 8.81. The third-order valence-corrected chi connectivity index (χ3v) is 6.10. The predicted octanol–water partition coefficient (Wildman–Crippen LogP) is 3.62. The standard InChI is InChI=1S/C22H32N2O2/c1-2-4-15-7-9-16(10-8-15)20(25)11-12-21(26)24-22-17-5-3-6-18(22)14-19(23)13-17/h7-10,17-19,22H,2-6,11-14,23H2,1H3,(H,24,26). The summed E-state index contributed by atoms with van der Waals surface area (Å²) in [5.74, 6) is 1.10. The molecule has 0 saturated heterocycles. The highest BCUT2D eigenvalue weighted by Crippen LogP contribution is 2.39. The van der Waals surface area contributed by atoms with Crippen LogP contribution in [0.4, 0.5) is 0 Å². The normalized spacial score (nSPS) is 27.8. The molecule has 1 aromatic rings. The van der Waals surface area contributed by atoms with Crippen molar-refractivity contribution in [2.24, 2.45) is 17.6 Å². The molecule has 142 valence electrons. The van der Waals surface area contributed by atoms with Gasteiger partial charge in [0.05, 0.1) is 0 Å². The molecule has 2 saturated carbocycles. The Morgan fingerprint density at radius 1 is 1.08 bits per heavy atom. The third kappa shape index (κ3) is 4.73. The monoisotopic (exact) mass is 356 g/mol. The average molecular weight is 357 g/mol. The number of hydrogen-bond donors (Lipinski definition) is 2. The molecule has 2 atom stereocenters. The first kappa shape index (κ1) is 19.1. The number of benzene rings is 1. The molecule has 2 fully saturated rings. The van der Waals surface area contributed by atoms with Gasteiger partial charge < -0.3 is 11.1 Å². The molecule has 0 aliphatic heterocycles. The summed E-state index contributed by atoms with van der Waals surface area (Å²) in [7, 11) is 0. The van der Waals surface area contributed by atoms with E-state index < -0.39 is 0 Å². The number of aryl methyl sites for hydroxylation is 1. The number of carbonyl (C=O) groups excluding carboxylic acids is 2. The number of hydrogen-bond acceptors (Lipinski definition) is 3. The van der Waals surface area contributed by atoms with Gasteiger partial charge in [-0.15, -0.1) is 0 Å². The summed E-state index contributed by atoms with van der Waals surface area (Å²) < 4.78 is 0. The minimum atomic E-state index is 0.0123. The molecule has 0 aromatic heterocycles. The summed E-state index contributed by atoms with van der Waals surface area (Å²) in [5.41, 5.74) is 8.11. The van der Waals surface area contributed by atoms with Crippen LogP contribution < -0.4 is 11.1 Å². The topological polar surface area (TPSA) is 72.2 Å². The fourth-order valence-corrected chi connectivity index (χ4v) is 4.80. The van der Waals surface area contributed by atoms with Crippen molar-refractivity contribution in [1.29, 1.82) is 0 Å². The molecular formula is C22H32N2O2. The lowest BCUT2D eigenvalue weighted by Crippen LogP contribution is -2.53. The molecule has 2 aliphatic rings. The third-order valence-electron chi connectivity index (χ3n) is 6.10. The largest absolute Gasteiger partial charge is 0.353 e. The van der Waals surface area contributed by atoms with Crippen molar-refractivity contribution < 1.29 is 9.59 Å². The fourth-order valence-electron chi connectivity index (χ4n) is 4.80. The Labute approximate surface area is 156 Å². The molecule has 26 heavy (non-hydrogen) atoms. The van der Waals surface area contributed by atoms with E-state index in [0.717, 1.165) is 38.5 Å². The van der Waals surface area contributed by atoms with Gasteiger partial charge in [-0.1, -0.05) is 44.0 Å². The number of carbonyl (C=O) groups is 2. The van der Waals surface area contributed by atoms with Gasteiger partial charge in [-0.25, -0.2) is 0 Å². The number of nitrogens with one attached hydrogen (secondary N) is 1. The SMILES string of the molecule is CCCc1ccc(C(=O)CCC(=O)NC2C3CCCC2CC(N)C3)cc1. The molecule has 2 aliphatic carbocycles. The van der Waals surface area contributed by atoms with E-state index in [4.69, 9.17) is 5.73 Å². The zero-order chi connectivity index (χ0) is 18.5. The van der Waals surface area contributed by atoms with Gasteiger partial charge in [-0.3, -0.25) is 9.59 Å². The summed E-state index contributed by atoms with van der Waals surface area (Å²) in [4.78, 5) is 24.8. The lowest BCUT2D eigenvalue weighted by molar-refractivity contribution is -0.123. The molecule has 3 rings (SSSR count). The first-order valence-electron chi connectivity index (χ1n) is 10.2. The summed E-state index contributed by atoms with van der Waals surface area (Å²) in [6.45, 7) is 2.14. The molecule has 0 heterocycles. The van der Waals surface area contributed by atoms with Gasteiger partial charge in [0.25, 0.3) is 0 Å². The maximum atomic E-state index is 12.4. The summed E-state index contributed by atoms with van der Waals surface area (Å²) in [6, 6.07) is 8.36. The Balaban J connectivity index is 1.48. The molecule has 4 nitrogen and oxygen atoms in total. The summed E-state index contributed by atoms with van der Waals surface area (Å²) >= 11 is 0. The van der Waals surface area contributed by atoms with E-state index >= 15 is 0 Å². The van der Waals surface area contributed by atoms with E-state index in [1.54, 1.807) is 0 Å². The molecule has 1 aromatic carbocycles. The highest BCUT2D eigenvalue weighted by Gasteiger charge is 2.39. The van der Waals surface area contributed by atoms with E-state index in [1.807, 2.05) is 24.3 Å². The van der Waals surface area contributed by atoms with Crippen molar-refractivity contribution in [3.05, 3.63) is 35.4 Å². The molecule has 3 N–H and O–H groups in total. The lowest BCUT2D eigenvalue weighted by Gasteiger charge is -2.45. The fraction of sp³-hybridized carbons (Fsp3) is 0.636. The highest BCUT2D eigenvalue weighted by atomic mass is 16.2. The first-order chi connectivity index (χ1) is 12.6. The van der Waals surface area contributed by atoms with Crippen LogP contribution in [0.1, 0.15) is 74.2 Å². The Kier molecular flexibility index (Phi) is 6.47. The van der Waals surface area contributed by atoms with E-state index in [0.29, 0.717) is 17.4 Å². The van der Waals surface area contributed by atoms with Crippen molar-refractivity contribution in [2.45, 2.75) is 76.8 Å². The van der Waals surface area contributed by atoms with Crippen LogP contribution in [0.3, 0.4) is 0 Å². The minimum absolute atomic E-state index is 0.0123. The second-order valence-corrected chi connectivity index (χ2v) is 8.15. The zero-order valence-corrected chi connectivity index (χ0v) is 15.9. The van der Waals surface area contributed by atoms with Crippen LogP contribution in [0.2, 0.25) is 0 Å². The van der Waals surface area contributed by atoms with E-state index in [9.17, 15) is 9.59 Å². The average Bonchev–Trinajstić information content (AvgIpc) is 2.61. The number of Topliss-reactive ketones (excluding diaryl/α,β-unsaturated/α-hetero) is 1. The van der Waals surface area contributed by atoms with Gasteiger partial charge in [0.1, 0.15) is 0 Å². The van der Waals surface area contributed by atoms with Gasteiger partial charge in [0.2, 0.25) is 5.91 Å². The van der Waals surface area contributed by atoms with Crippen molar-refractivity contribution in [1.82, 2.24) is 5.32 Å². The molecule has 4 heteroatoms. The predicted molar refractivity (Wildman–Crippen MR) is 104 cm³/mol. The van der Waals surface area contributed by atoms with Gasteiger partial charge in [-0.05, 0) is 49.5 Å². The highest BCUT2D eigenvalue weighted by molar-refractivity contribution is 5.98. The number of rotatable bonds is 7. The van der Waals surface area contributed by atoms with Crippen LogP contribution >= 0.6 is 0 Å². The number of fused-ring (bicyclic) bond motifs is 2. The maximum absolute atomic E-state index is 12.4. The molecule has 2 unspecified atom stereocenters. The van der Waals surface area contributed by atoms with Crippen LogP contribution in [0.25, 0.3) is 0 Å². The smallest absolute Gasteiger partial charge is 0.220 e. The Bertz CT molecular complexity index is 612. The molecular weight excluding hydrogens is 324 g/mol. The van der Waals surface area contributed by atoms with Crippen molar-refractivity contribution in [3.63, 3.8) is 0 Å². The molecule has 0 spiro atoms. The van der Waals surface area contributed by atoms with E-state index in [2.05, 4.69) is 12.2 Å². The van der Waals surface area contributed by atoms with Crippen LogP contribution in [0, 0.1) is 11.8 Å². The second-order valence-electron chi connectivity index (χ2n) is 8.15. The van der Waals surface area contributed by atoms with Crippen LogP contribution in [0.15, 0.2) is 24.3 Å². The quantitative estimate of drug-likeness (QED) is 0.733. The minimum Gasteiger partial charge on any atom is -0.353 e. The molecule has 0 radical (unpaired) electrons. The number of ketones is 1. The van der Waals surface area contributed by atoms with E-state index in [1.165, 1.54) is 12.0 Å². The Morgan fingerprint density at radius 2 is 1.73 bits per heavy atom. The van der Waals surface area contributed by atoms with E-state index in [-0.39, 0.29) is 36.6 Å². The molecule has 2 bridgehead atoms. The van der Waals surface area contributed by atoms with Gasteiger partial charge in [0, 0.05) is 30.5 Å². The van der Waals surface area contributed by atoms with Crippen LogP contribution in [-0.4, -0.2) is 23.8 Å². The number of nitrogens with two attached hydrogens (primary N) is 1. The summed E-state index contributed by atoms with van der Waals surface area (Å²) in [6.07, 6.45) is 8.30. The van der Waals surface area contributed by atoms with Crippen molar-refractivity contribution >= 4 is 11.7 Å². The van der Waals surface area contributed by atoms with Crippen LogP contribution in [-0.2, 0) is 11.2 Å². The summed E-state index contributed by atoms with van der Waals surface area (Å²) in [5, 5.41) is 3.23.